The summed E-state index contributed by atoms with van der Waals surface area (Å²) in [7, 11) is -3.88. The highest BCUT2D eigenvalue weighted by Gasteiger charge is 2.51. The summed E-state index contributed by atoms with van der Waals surface area (Å²) >= 11 is 4.34. The molecular weight excluding hydrogens is 565 g/mol. The molecule has 0 saturated carbocycles. The van der Waals surface area contributed by atoms with E-state index in [4.69, 9.17) is 0 Å². The molecule has 8 nitrogen and oxygen atoms in total. The highest BCUT2D eigenvalue weighted by molar-refractivity contribution is 7.90. The molecule has 0 spiro atoms. The largest absolute Gasteiger partial charge is 0.421 e. The maximum atomic E-state index is 13.6. The minimum Gasteiger partial charge on any atom is -0.376 e. The fourth-order valence-electron chi connectivity index (χ4n) is 5.43. The Bertz CT molecular complexity index is 1320. The van der Waals surface area contributed by atoms with Crippen molar-refractivity contribution in [2.75, 3.05) is 44.2 Å². The lowest BCUT2D eigenvalue weighted by Gasteiger charge is -2.46. The summed E-state index contributed by atoms with van der Waals surface area (Å²) in [5, 5.41) is 13.0. The zero-order valence-corrected chi connectivity index (χ0v) is 24.3. The van der Waals surface area contributed by atoms with Gasteiger partial charge in [0.2, 0.25) is 15.9 Å². The van der Waals surface area contributed by atoms with Crippen LogP contribution in [-0.2, 0) is 20.4 Å². The number of nitrogens with one attached hydrogen (secondary N) is 1. The number of sulfonamides is 1. The molecule has 2 saturated heterocycles. The summed E-state index contributed by atoms with van der Waals surface area (Å²) in [5.74, 6) is -0.0760. The first-order valence-electron chi connectivity index (χ1n) is 13.1. The maximum absolute atomic E-state index is 13.6. The van der Waals surface area contributed by atoms with E-state index in [1.165, 1.54) is 34.6 Å². The van der Waals surface area contributed by atoms with Crippen molar-refractivity contribution in [2.24, 2.45) is 5.92 Å². The van der Waals surface area contributed by atoms with Gasteiger partial charge in [-0.25, -0.2) is 8.42 Å². The topological polar surface area (TPSA) is 93.2 Å². The fraction of sp³-hybridized carbons (Fsp3) is 0.519. The van der Waals surface area contributed by atoms with Crippen LogP contribution in [0.3, 0.4) is 0 Å². The van der Waals surface area contributed by atoms with Gasteiger partial charge in [0.05, 0.1) is 17.0 Å². The third-order valence-electron chi connectivity index (χ3n) is 7.68. The Morgan fingerprint density at radius 2 is 1.73 bits per heavy atom. The third kappa shape index (κ3) is 5.98. The Balaban J connectivity index is 1.67. The van der Waals surface area contributed by atoms with Gasteiger partial charge in [-0.15, -0.1) is 12.6 Å². The predicted molar refractivity (Wildman–Crippen MR) is 149 cm³/mol. The van der Waals surface area contributed by atoms with Crippen LogP contribution in [0.1, 0.15) is 26.3 Å². The number of nitrogens with zero attached hydrogens (tertiary/aromatic N) is 3. The highest BCUT2D eigenvalue weighted by atomic mass is 32.2. The van der Waals surface area contributed by atoms with Crippen LogP contribution in [0, 0.1) is 5.92 Å². The second kappa shape index (κ2) is 11.5. The van der Waals surface area contributed by atoms with E-state index in [2.05, 4.69) is 17.9 Å². The number of alkyl halides is 3. The molecule has 2 aromatic carbocycles. The molecule has 2 aliphatic rings. The van der Waals surface area contributed by atoms with Crippen LogP contribution < -0.4 is 10.2 Å². The van der Waals surface area contributed by atoms with E-state index in [1.807, 2.05) is 23.6 Å². The number of carbonyl (C=O) groups excluding carboxylic acids is 1. The predicted octanol–water partition coefficient (Wildman–Crippen LogP) is 3.08. The summed E-state index contributed by atoms with van der Waals surface area (Å²) in [6, 6.07) is 11.2. The van der Waals surface area contributed by atoms with Gasteiger partial charge in [-0.05, 0) is 42.7 Å². The van der Waals surface area contributed by atoms with Gasteiger partial charge < -0.3 is 15.3 Å². The molecule has 0 aliphatic carbocycles. The molecule has 0 aromatic heterocycles. The first kappa shape index (κ1) is 30.6. The SMILES string of the molecule is CC(C)[C@H]1C(=O)NCCN1C[C@H]1CN(S(=O)(=O)c2ccccc2S)CCN1c1ccc([C@@](C)(O)C(F)(F)F)cc1. The van der Waals surface area contributed by atoms with Gasteiger partial charge in [0, 0.05) is 49.9 Å². The molecule has 2 N–H and O–H groups in total. The second-order valence-electron chi connectivity index (χ2n) is 10.8. The van der Waals surface area contributed by atoms with Crippen molar-refractivity contribution in [1.29, 1.82) is 0 Å². The molecule has 1 amide bonds. The number of halogens is 3. The molecule has 220 valence electrons. The number of rotatable bonds is 7. The molecule has 13 heteroatoms. The number of aliphatic hydroxyl groups is 1. The molecule has 0 radical (unpaired) electrons. The van der Waals surface area contributed by atoms with Crippen molar-refractivity contribution in [3.63, 3.8) is 0 Å². The van der Waals surface area contributed by atoms with Gasteiger partial charge in [-0.2, -0.15) is 17.5 Å². The van der Waals surface area contributed by atoms with Crippen LogP contribution in [0.15, 0.2) is 58.3 Å². The van der Waals surface area contributed by atoms with Crippen molar-refractivity contribution < 1.29 is 31.5 Å². The Hall–Kier alpha value is -2.32. The summed E-state index contributed by atoms with van der Waals surface area (Å²) in [6.45, 7) is 6.56. The van der Waals surface area contributed by atoms with E-state index in [9.17, 15) is 31.5 Å². The zero-order chi connectivity index (χ0) is 29.5. The van der Waals surface area contributed by atoms with Gasteiger partial charge >= 0.3 is 6.18 Å². The number of benzene rings is 2. The highest BCUT2D eigenvalue weighted by Crippen LogP contribution is 2.39. The number of thiol groups is 1. The average molecular weight is 601 g/mol. The number of amides is 1. The molecule has 2 aliphatic heterocycles. The van der Waals surface area contributed by atoms with Crippen LogP contribution in [0.25, 0.3) is 0 Å². The third-order valence-corrected chi connectivity index (χ3v) is 10.1. The number of hydrogen-bond donors (Lipinski definition) is 3. The van der Waals surface area contributed by atoms with Crippen LogP contribution >= 0.6 is 12.6 Å². The van der Waals surface area contributed by atoms with Crippen LogP contribution in [0.4, 0.5) is 18.9 Å². The van der Waals surface area contributed by atoms with E-state index >= 15 is 0 Å². The fourth-order valence-corrected chi connectivity index (χ4v) is 7.49. The molecule has 2 aromatic rings. The molecule has 4 rings (SSSR count). The standard InChI is InChI=1S/C27H35F3N4O4S2/c1-18(2)24-25(35)31-12-13-32(24)16-21-17-33(40(37,38)23-7-5-4-6-22(23)39)14-15-34(21)20-10-8-19(9-11-20)26(3,36)27(28,29)30/h4-11,18,21,24,36,39H,12-17H2,1-3H3,(H,31,35)/t21-,24-,26+/m0/s1. The lowest BCUT2D eigenvalue weighted by molar-refractivity contribution is -0.258. The quantitative estimate of drug-likeness (QED) is 0.424. The maximum Gasteiger partial charge on any atom is 0.421 e. The Kier molecular flexibility index (Phi) is 8.82. The Morgan fingerprint density at radius 1 is 1.07 bits per heavy atom. The van der Waals surface area contributed by atoms with Crippen LogP contribution in [-0.4, -0.2) is 86.2 Å². The lowest BCUT2D eigenvalue weighted by Crippen LogP contribution is -2.63. The zero-order valence-electron chi connectivity index (χ0n) is 22.6. The van der Waals surface area contributed by atoms with Gasteiger partial charge in [-0.1, -0.05) is 38.1 Å². The van der Waals surface area contributed by atoms with E-state index in [0.29, 0.717) is 37.1 Å². The first-order valence-corrected chi connectivity index (χ1v) is 15.0. The summed E-state index contributed by atoms with van der Waals surface area (Å²) in [4.78, 5) is 17.1. The van der Waals surface area contributed by atoms with E-state index in [1.54, 1.807) is 18.2 Å². The Labute approximate surface area is 238 Å². The summed E-state index contributed by atoms with van der Waals surface area (Å²) < 4.78 is 68.8. The van der Waals surface area contributed by atoms with Crippen molar-refractivity contribution in [1.82, 2.24) is 14.5 Å². The monoisotopic (exact) mass is 600 g/mol. The molecule has 2 heterocycles. The minimum absolute atomic E-state index is 0.0112. The van der Waals surface area contributed by atoms with Gasteiger partial charge in [0.25, 0.3) is 0 Å². The summed E-state index contributed by atoms with van der Waals surface area (Å²) in [5.41, 5.74) is -2.70. The Morgan fingerprint density at radius 3 is 2.33 bits per heavy atom. The molecular formula is C27H35F3N4O4S2. The number of anilines is 1. The normalized spacial score (nSPS) is 23.2. The minimum atomic E-state index is -4.85. The smallest absolute Gasteiger partial charge is 0.376 e. The summed E-state index contributed by atoms with van der Waals surface area (Å²) in [6.07, 6.45) is -4.85. The molecule has 3 atom stereocenters. The molecule has 0 unspecified atom stereocenters. The van der Waals surface area contributed by atoms with Crippen LogP contribution in [0.2, 0.25) is 0 Å². The van der Waals surface area contributed by atoms with Crippen molar-refractivity contribution in [2.45, 2.75) is 54.4 Å². The van der Waals surface area contributed by atoms with Crippen molar-refractivity contribution in [3.8, 4) is 0 Å². The number of piperazine rings is 2. The van der Waals surface area contributed by atoms with E-state index in [0.717, 1.165) is 0 Å². The first-order chi connectivity index (χ1) is 18.6. The van der Waals surface area contributed by atoms with Gasteiger partial charge in [0.15, 0.2) is 5.60 Å². The van der Waals surface area contributed by atoms with E-state index < -0.39 is 33.9 Å². The average Bonchev–Trinajstić information content (AvgIpc) is 2.88. The lowest BCUT2D eigenvalue weighted by atomic mass is 9.95. The second-order valence-corrected chi connectivity index (χ2v) is 13.2. The van der Waals surface area contributed by atoms with Crippen LogP contribution in [0.5, 0.6) is 0 Å². The number of carbonyl (C=O) groups is 1. The molecule has 2 fully saturated rings. The molecule has 40 heavy (non-hydrogen) atoms. The van der Waals surface area contributed by atoms with Crippen molar-refractivity contribution in [3.05, 3.63) is 54.1 Å². The van der Waals surface area contributed by atoms with Gasteiger partial charge in [-0.3, -0.25) is 9.69 Å². The van der Waals surface area contributed by atoms with Crippen molar-refractivity contribution >= 4 is 34.2 Å². The molecule has 0 bridgehead atoms. The number of hydrogen-bond acceptors (Lipinski definition) is 7. The van der Waals surface area contributed by atoms with E-state index in [-0.39, 0.29) is 41.9 Å². The van der Waals surface area contributed by atoms with Gasteiger partial charge in [0.1, 0.15) is 0 Å².